The highest BCUT2D eigenvalue weighted by atomic mass is 16.6. The molecule has 1 heterocycles. The number of carbonyl (C=O) groups is 2. The minimum absolute atomic E-state index is 0.283. The summed E-state index contributed by atoms with van der Waals surface area (Å²) in [6.45, 7) is 1.21. The van der Waals surface area contributed by atoms with Crippen LogP contribution in [0, 0.1) is 11.3 Å². The van der Waals surface area contributed by atoms with Crippen LogP contribution in [0.4, 0.5) is 0 Å². The van der Waals surface area contributed by atoms with E-state index in [0.29, 0.717) is 16.9 Å². The monoisotopic (exact) mass is 348 g/mol. The minimum atomic E-state index is -0.925. The molecule has 0 aliphatic carbocycles. The van der Waals surface area contributed by atoms with Crippen LogP contribution in [-0.4, -0.2) is 29.4 Å². The number of hydrogen-bond acceptors (Lipinski definition) is 5. The van der Waals surface area contributed by atoms with Crippen molar-refractivity contribution >= 4 is 22.7 Å². The first-order valence-corrected chi connectivity index (χ1v) is 8.01. The molecule has 0 saturated heterocycles. The summed E-state index contributed by atoms with van der Waals surface area (Å²) in [6.07, 6.45) is 0.691. The topological polar surface area (TPSA) is 92.2 Å². The van der Waals surface area contributed by atoms with Crippen molar-refractivity contribution in [2.24, 2.45) is 0 Å². The predicted octanol–water partition coefficient (Wildman–Crippen LogP) is 3.23. The number of ketones is 1. The van der Waals surface area contributed by atoms with E-state index < -0.39 is 12.1 Å². The number of nitrogens with zero attached hydrogens (tertiary/aromatic N) is 1. The van der Waals surface area contributed by atoms with Crippen LogP contribution in [0.5, 0.6) is 5.75 Å². The number of nitrogens with one attached hydrogen (secondary N) is 1. The van der Waals surface area contributed by atoms with Gasteiger partial charge in [0, 0.05) is 22.7 Å². The molecule has 0 radical (unpaired) electrons. The van der Waals surface area contributed by atoms with Crippen LogP contribution in [0.2, 0.25) is 0 Å². The van der Waals surface area contributed by atoms with Crippen LogP contribution in [0.1, 0.15) is 22.8 Å². The Hall–Kier alpha value is -3.59. The van der Waals surface area contributed by atoms with Crippen LogP contribution >= 0.6 is 0 Å². The lowest BCUT2D eigenvalue weighted by Crippen LogP contribution is -2.27. The van der Waals surface area contributed by atoms with Gasteiger partial charge in [0.15, 0.2) is 12.7 Å². The second-order valence-corrected chi connectivity index (χ2v) is 5.67. The van der Waals surface area contributed by atoms with E-state index in [0.717, 1.165) is 10.9 Å². The SMILES string of the molecule is C[C@H](OC(=O)COc1ccc(C#N)cc1)C(=O)c1c[nH]c2ccccc12. The third-order valence-electron chi connectivity index (χ3n) is 3.87. The summed E-state index contributed by atoms with van der Waals surface area (Å²) in [6, 6.07) is 15.8. The van der Waals surface area contributed by atoms with Gasteiger partial charge in [0.25, 0.3) is 0 Å². The van der Waals surface area contributed by atoms with Crippen LogP contribution in [0.15, 0.2) is 54.7 Å². The van der Waals surface area contributed by atoms with E-state index in [2.05, 4.69) is 4.98 Å². The van der Waals surface area contributed by atoms with Crippen molar-refractivity contribution in [3.8, 4) is 11.8 Å². The van der Waals surface area contributed by atoms with Gasteiger partial charge < -0.3 is 14.5 Å². The molecule has 6 heteroatoms. The van der Waals surface area contributed by atoms with Crippen molar-refractivity contribution in [2.45, 2.75) is 13.0 Å². The molecule has 1 N–H and O–H groups in total. The Balaban J connectivity index is 1.58. The maximum absolute atomic E-state index is 12.5. The summed E-state index contributed by atoms with van der Waals surface area (Å²) < 4.78 is 10.5. The van der Waals surface area contributed by atoms with E-state index in [1.807, 2.05) is 30.3 Å². The number of carbonyl (C=O) groups excluding carboxylic acids is 2. The van der Waals surface area contributed by atoms with Gasteiger partial charge in [-0.3, -0.25) is 4.79 Å². The number of fused-ring (bicyclic) bond motifs is 1. The van der Waals surface area contributed by atoms with Crippen molar-refractivity contribution in [2.75, 3.05) is 6.61 Å². The summed E-state index contributed by atoms with van der Waals surface area (Å²) in [5.74, 6) is -0.485. The number of aromatic amines is 1. The molecule has 2 aromatic carbocycles. The maximum atomic E-state index is 12.5. The normalized spacial score (nSPS) is 11.5. The standard InChI is InChI=1S/C20H16N2O4/c1-13(20(24)17-11-22-18-5-3-2-4-16(17)18)26-19(23)12-25-15-8-6-14(10-21)7-9-15/h2-9,11,13,22H,12H2,1H3/t13-/m0/s1. The van der Waals surface area contributed by atoms with Gasteiger partial charge in [-0.25, -0.2) is 4.79 Å². The number of benzene rings is 2. The second-order valence-electron chi connectivity index (χ2n) is 5.67. The lowest BCUT2D eigenvalue weighted by atomic mass is 10.1. The number of rotatable bonds is 6. The van der Waals surface area contributed by atoms with Gasteiger partial charge in [-0.15, -0.1) is 0 Å². The lowest BCUT2D eigenvalue weighted by molar-refractivity contribution is -0.148. The largest absolute Gasteiger partial charge is 0.482 e. The van der Waals surface area contributed by atoms with Gasteiger partial charge in [0.1, 0.15) is 5.75 Å². The van der Waals surface area contributed by atoms with Gasteiger partial charge >= 0.3 is 5.97 Å². The zero-order chi connectivity index (χ0) is 18.5. The number of aromatic nitrogens is 1. The molecule has 6 nitrogen and oxygen atoms in total. The quantitative estimate of drug-likeness (QED) is 0.545. The Morgan fingerprint density at radius 1 is 1.15 bits per heavy atom. The Morgan fingerprint density at radius 2 is 1.88 bits per heavy atom. The molecule has 0 aliphatic heterocycles. The Bertz CT molecular complexity index is 983. The second kappa shape index (κ2) is 7.53. The molecule has 3 rings (SSSR count). The Kier molecular flexibility index (Phi) is 4.99. The van der Waals surface area contributed by atoms with Crippen LogP contribution in [-0.2, 0) is 9.53 Å². The van der Waals surface area contributed by atoms with Gasteiger partial charge in [-0.05, 0) is 37.3 Å². The fraction of sp³-hybridized carbons (Fsp3) is 0.150. The average molecular weight is 348 g/mol. The Morgan fingerprint density at radius 3 is 2.62 bits per heavy atom. The molecule has 0 fully saturated rings. The molecule has 0 saturated carbocycles. The maximum Gasteiger partial charge on any atom is 0.344 e. The van der Waals surface area contributed by atoms with Gasteiger partial charge in [-0.1, -0.05) is 18.2 Å². The Labute approximate surface area is 150 Å². The van der Waals surface area contributed by atoms with Crippen molar-refractivity contribution in [3.63, 3.8) is 0 Å². The van der Waals surface area contributed by atoms with Gasteiger partial charge in [-0.2, -0.15) is 5.26 Å². The number of H-pyrrole nitrogens is 1. The average Bonchev–Trinajstić information content (AvgIpc) is 3.10. The molecule has 0 bridgehead atoms. The first-order valence-electron chi connectivity index (χ1n) is 8.01. The number of hydrogen-bond donors (Lipinski definition) is 1. The van der Waals surface area contributed by atoms with E-state index in [1.165, 1.54) is 6.92 Å². The zero-order valence-electron chi connectivity index (χ0n) is 14.1. The van der Waals surface area contributed by atoms with Crippen molar-refractivity contribution in [3.05, 3.63) is 65.9 Å². The molecule has 1 atom stereocenters. The first kappa shape index (κ1) is 17.2. The molecular weight excluding hydrogens is 332 g/mol. The van der Waals surface area contributed by atoms with Gasteiger partial charge in [0.2, 0.25) is 5.78 Å². The van der Waals surface area contributed by atoms with E-state index in [9.17, 15) is 9.59 Å². The molecule has 0 amide bonds. The van der Waals surface area contributed by atoms with Crippen LogP contribution in [0.25, 0.3) is 10.9 Å². The molecule has 3 aromatic rings. The fourth-order valence-electron chi connectivity index (χ4n) is 2.55. The number of para-hydroxylation sites is 1. The van der Waals surface area contributed by atoms with Crippen molar-refractivity contribution < 1.29 is 19.1 Å². The highest BCUT2D eigenvalue weighted by Crippen LogP contribution is 2.20. The number of esters is 1. The number of ether oxygens (including phenoxy) is 2. The number of nitriles is 1. The van der Waals surface area contributed by atoms with Crippen molar-refractivity contribution in [1.82, 2.24) is 4.98 Å². The summed E-state index contributed by atoms with van der Waals surface area (Å²) in [5.41, 5.74) is 1.82. The van der Waals surface area contributed by atoms with Crippen molar-refractivity contribution in [1.29, 1.82) is 5.26 Å². The van der Waals surface area contributed by atoms with E-state index in [-0.39, 0.29) is 12.4 Å². The highest BCUT2D eigenvalue weighted by Gasteiger charge is 2.22. The smallest absolute Gasteiger partial charge is 0.344 e. The molecule has 0 aliphatic rings. The van der Waals surface area contributed by atoms with Gasteiger partial charge in [0.05, 0.1) is 11.6 Å². The predicted molar refractivity (Wildman–Crippen MR) is 94.8 cm³/mol. The summed E-state index contributed by atoms with van der Waals surface area (Å²) >= 11 is 0. The summed E-state index contributed by atoms with van der Waals surface area (Å²) in [7, 11) is 0. The summed E-state index contributed by atoms with van der Waals surface area (Å²) in [4.78, 5) is 27.5. The summed E-state index contributed by atoms with van der Waals surface area (Å²) in [5, 5.41) is 9.53. The van der Waals surface area contributed by atoms with Crippen LogP contribution < -0.4 is 4.74 Å². The molecule has 130 valence electrons. The van der Waals surface area contributed by atoms with E-state index in [4.69, 9.17) is 14.7 Å². The molecule has 26 heavy (non-hydrogen) atoms. The molecule has 1 aromatic heterocycles. The third kappa shape index (κ3) is 3.73. The first-order chi connectivity index (χ1) is 12.6. The van der Waals surface area contributed by atoms with Crippen LogP contribution in [0.3, 0.4) is 0 Å². The third-order valence-corrected chi connectivity index (χ3v) is 3.87. The molecule has 0 spiro atoms. The van der Waals surface area contributed by atoms with E-state index >= 15 is 0 Å². The van der Waals surface area contributed by atoms with E-state index in [1.54, 1.807) is 30.5 Å². The molecular formula is C20H16N2O4. The molecule has 0 unspecified atom stereocenters. The fourth-order valence-corrected chi connectivity index (χ4v) is 2.55. The number of Topliss-reactive ketones (excluding diaryl/α,β-unsaturated/α-hetero) is 1. The lowest BCUT2D eigenvalue weighted by Gasteiger charge is -2.12. The zero-order valence-corrected chi connectivity index (χ0v) is 14.1. The highest BCUT2D eigenvalue weighted by molar-refractivity contribution is 6.10. The minimum Gasteiger partial charge on any atom is -0.482 e.